The van der Waals surface area contributed by atoms with Crippen LogP contribution in [0.1, 0.15) is 36.0 Å². The molecule has 1 saturated heterocycles. The van der Waals surface area contributed by atoms with Gasteiger partial charge in [0.2, 0.25) is 0 Å². The molecule has 110 valence electrons. The van der Waals surface area contributed by atoms with E-state index >= 15 is 0 Å². The van der Waals surface area contributed by atoms with Crippen LogP contribution in [0, 0.1) is 13.8 Å². The summed E-state index contributed by atoms with van der Waals surface area (Å²) < 4.78 is 0. The fourth-order valence-corrected chi connectivity index (χ4v) is 3.12. The molecule has 0 spiro atoms. The molecule has 0 aliphatic carbocycles. The largest absolute Gasteiger partial charge is 0.480 e. The third-order valence-corrected chi connectivity index (χ3v) is 4.00. The van der Waals surface area contributed by atoms with E-state index in [1.165, 1.54) is 36.1 Å². The van der Waals surface area contributed by atoms with Crippen molar-refractivity contribution >= 4 is 11.7 Å². The van der Waals surface area contributed by atoms with Gasteiger partial charge in [-0.2, -0.15) is 0 Å². The summed E-state index contributed by atoms with van der Waals surface area (Å²) in [4.78, 5) is 13.3. The molecule has 1 aromatic carbocycles. The summed E-state index contributed by atoms with van der Waals surface area (Å²) in [7, 11) is 0. The standard InChI is InChI=1S/C16H24N2O2/c1-11-8-13(10-14(17)16(19)20)9-12(2)15(11)18-6-4-3-5-7-18/h8-9,14H,3-7,10,17H2,1-2H3,(H,19,20). The zero-order valence-corrected chi connectivity index (χ0v) is 12.4. The fraction of sp³-hybridized carbons (Fsp3) is 0.562. The molecule has 0 aromatic heterocycles. The number of carboxylic acids is 1. The highest BCUT2D eigenvalue weighted by Crippen LogP contribution is 2.29. The molecule has 4 nitrogen and oxygen atoms in total. The Kier molecular flexibility index (Phi) is 4.65. The van der Waals surface area contributed by atoms with E-state index in [4.69, 9.17) is 10.8 Å². The Hall–Kier alpha value is -1.55. The SMILES string of the molecule is Cc1cc(CC(N)C(=O)O)cc(C)c1N1CCCCC1. The molecule has 1 fully saturated rings. The van der Waals surface area contributed by atoms with E-state index in [2.05, 4.69) is 30.9 Å². The minimum atomic E-state index is -0.944. The summed E-state index contributed by atoms with van der Waals surface area (Å²) >= 11 is 0. The molecule has 2 rings (SSSR count). The lowest BCUT2D eigenvalue weighted by Gasteiger charge is -2.32. The predicted molar refractivity (Wildman–Crippen MR) is 81.3 cm³/mol. The minimum Gasteiger partial charge on any atom is -0.480 e. The number of carbonyl (C=O) groups is 1. The van der Waals surface area contributed by atoms with Gasteiger partial charge >= 0.3 is 5.97 Å². The average Bonchev–Trinajstić information content (AvgIpc) is 2.39. The van der Waals surface area contributed by atoms with Crippen LogP contribution in [0.4, 0.5) is 5.69 Å². The van der Waals surface area contributed by atoms with E-state index < -0.39 is 12.0 Å². The van der Waals surface area contributed by atoms with Gasteiger partial charge in [0.25, 0.3) is 0 Å². The number of hydrogen-bond donors (Lipinski definition) is 2. The van der Waals surface area contributed by atoms with E-state index in [9.17, 15) is 4.79 Å². The summed E-state index contributed by atoms with van der Waals surface area (Å²) in [6.07, 6.45) is 4.21. The van der Waals surface area contributed by atoms with Crippen LogP contribution in [-0.2, 0) is 11.2 Å². The second-order valence-corrected chi connectivity index (χ2v) is 5.77. The van der Waals surface area contributed by atoms with E-state index in [0.717, 1.165) is 18.7 Å². The smallest absolute Gasteiger partial charge is 0.320 e. The van der Waals surface area contributed by atoms with Gasteiger partial charge in [0.15, 0.2) is 0 Å². The number of aryl methyl sites for hydroxylation is 2. The van der Waals surface area contributed by atoms with Crippen molar-refractivity contribution in [2.75, 3.05) is 18.0 Å². The molecule has 1 unspecified atom stereocenters. The first-order valence-corrected chi connectivity index (χ1v) is 7.32. The van der Waals surface area contributed by atoms with Crippen LogP contribution in [0.15, 0.2) is 12.1 Å². The van der Waals surface area contributed by atoms with Crippen molar-refractivity contribution in [1.29, 1.82) is 0 Å². The summed E-state index contributed by atoms with van der Waals surface area (Å²) in [6.45, 7) is 6.45. The van der Waals surface area contributed by atoms with Gasteiger partial charge in [-0.05, 0) is 56.2 Å². The van der Waals surface area contributed by atoms with Crippen molar-refractivity contribution in [1.82, 2.24) is 0 Å². The van der Waals surface area contributed by atoms with Gasteiger partial charge in [0, 0.05) is 18.8 Å². The molecule has 3 N–H and O–H groups in total. The Balaban J connectivity index is 2.22. The first kappa shape index (κ1) is 14.9. The topological polar surface area (TPSA) is 66.6 Å². The summed E-state index contributed by atoms with van der Waals surface area (Å²) in [5.41, 5.74) is 10.4. The lowest BCUT2D eigenvalue weighted by Crippen LogP contribution is -2.33. The first-order chi connectivity index (χ1) is 9.49. The number of hydrogen-bond acceptors (Lipinski definition) is 3. The van der Waals surface area contributed by atoms with Gasteiger partial charge in [-0.15, -0.1) is 0 Å². The van der Waals surface area contributed by atoms with Gasteiger partial charge in [-0.25, -0.2) is 0 Å². The highest BCUT2D eigenvalue weighted by molar-refractivity contribution is 5.73. The van der Waals surface area contributed by atoms with Crippen LogP contribution in [0.5, 0.6) is 0 Å². The van der Waals surface area contributed by atoms with Crippen molar-refractivity contribution in [2.45, 2.75) is 45.6 Å². The molecule has 1 aliphatic rings. The van der Waals surface area contributed by atoms with Crippen LogP contribution in [0.3, 0.4) is 0 Å². The van der Waals surface area contributed by atoms with Gasteiger partial charge in [0.1, 0.15) is 6.04 Å². The Labute approximate surface area is 120 Å². The highest BCUT2D eigenvalue weighted by Gasteiger charge is 2.17. The number of nitrogens with zero attached hydrogens (tertiary/aromatic N) is 1. The molecule has 0 saturated carbocycles. The van der Waals surface area contributed by atoms with Crippen LogP contribution in [0.25, 0.3) is 0 Å². The number of benzene rings is 1. The van der Waals surface area contributed by atoms with Gasteiger partial charge in [0.05, 0.1) is 0 Å². The van der Waals surface area contributed by atoms with E-state index in [0.29, 0.717) is 6.42 Å². The van der Waals surface area contributed by atoms with Crippen LogP contribution in [0.2, 0.25) is 0 Å². The van der Waals surface area contributed by atoms with Crippen molar-refractivity contribution in [3.05, 3.63) is 28.8 Å². The summed E-state index contributed by atoms with van der Waals surface area (Å²) in [6, 6.07) is 3.34. The van der Waals surface area contributed by atoms with Crippen molar-refractivity contribution in [3.8, 4) is 0 Å². The Morgan fingerprint density at radius 2 is 1.80 bits per heavy atom. The Bertz CT molecular complexity index is 470. The summed E-state index contributed by atoms with van der Waals surface area (Å²) in [5.74, 6) is -0.944. The Morgan fingerprint density at radius 3 is 2.30 bits per heavy atom. The predicted octanol–water partition coefficient (Wildman–Crippen LogP) is 2.25. The number of anilines is 1. The maximum Gasteiger partial charge on any atom is 0.320 e. The molecule has 1 aromatic rings. The maximum absolute atomic E-state index is 10.9. The molecule has 1 atom stereocenters. The van der Waals surface area contributed by atoms with Crippen LogP contribution >= 0.6 is 0 Å². The number of rotatable bonds is 4. The zero-order chi connectivity index (χ0) is 14.7. The van der Waals surface area contributed by atoms with E-state index in [-0.39, 0.29) is 0 Å². The number of aliphatic carboxylic acids is 1. The molecule has 0 bridgehead atoms. The zero-order valence-electron chi connectivity index (χ0n) is 12.4. The third-order valence-electron chi connectivity index (χ3n) is 4.00. The molecular formula is C16H24N2O2. The molecule has 20 heavy (non-hydrogen) atoms. The first-order valence-electron chi connectivity index (χ1n) is 7.32. The highest BCUT2D eigenvalue weighted by atomic mass is 16.4. The lowest BCUT2D eigenvalue weighted by molar-refractivity contribution is -0.138. The van der Waals surface area contributed by atoms with Crippen LogP contribution in [-0.4, -0.2) is 30.2 Å². The van der Waals surface area contributed by atoms with Gasteiger partial charge < -0.3 is 15.7 Å². The third kappa shape index (κ3) is 3.31. The van der Waals surface area contributed by atoms with Crippen molar-refractivity contribution in [3.63, 3.8) is 0 Å². The quantitative estimate of drug-likeness (QED) is 0.885. The minimum absolute atomic E-state index is 0.386. The monoisotopic (exact) mass is 276 g/mol. The number of piperidine rings is 1. The van der Waals surface area contributed by atoms with Crippen LogP contribution < -0.4 is 10.6 Å². The number of nitrogens with two attached hydrogens (primary N) is 1. The van der Waals surface area contributed by atoms with Crippen molar-refractivity contribution in [2.24, 2.45) is 5.73 Å². The second-order valence-electron chi connectivity index (χ2n) is 5.77. The number of carboxylic acid groups (broad SMARTS) is 1. The molecule has 0 radical (unpaired) electrons. The lowest BCUT2D eigenvalue weighted by atomic mass is 9.97. The van der Waals surface area contributed by atoms with Gasteiger partial charge in [-0.3, -0.25) is 4.79 Å². The molecule has 1 aliphatic heterocycles. The molecule has 1 heterocycles. The molecular weight excluding hydrogens is 252 g/mol. The summed E-state index contributed by atoms with van der Waals surface area (Å²) in [5, 5.41) is 8.91. The second kappa shape index (κ2) is 6.27. The molecule has 4 heteroatoms. The Morgan fingerprint density at radius 1 is 1.25 bits per heavy atom. The average molecular weight is 276 g/mol. The normalized spacial score (nSPS) is 17.1. The fourth-order valence-electron chi connectivity index (χ4n) is 3.12. The van der Waals surface area contributed by atoms with E-state index in [1.807, 2.05) is 0 Å². The van der Waals surface area contributed by atoms with E-state index in [1.54, 1.807) is 0 Å². The maximum atomic E-state index is 10.9. The van der Waals surface area contributed by atoms with Crippen molar-refractivity contribution < 1.29 is 9.90 Å². The van der Waals surface area contributed by atoms with Gasteiger partial charge in [-0.1, -0.05) is 12.1 Å². The molecule has 0 amide bonds.